The van der Waals surface area contributed by atoms with Crippen LogP contribution >= 0.6 is 0 Å². The summed E-state index contributed by atoms with van der Waals surface area (Å²) in [6, 6.07) is 0.506. The van der Waals surface area contributed by atoms with Crippen molar-refractivity contribution in [2.75, 3.05) is 11.9 Å². The first kappa shape index (κ1) is 13.0. The lowest BCUT2D eigenvalue weighted by molar-refractivity contribution is 0.447. The molecule has 0 saturated carbocycles. The van der Waals surface area contributed by atoms with Gasteiger partial charge < -0.3 is 15.1 Å². The van der Waals surface area contributed by atoms with E-state index in [1.807, 2.05) is 6.92 Å². The Morgan fingerprint density at radius 3 is 2.62 bits per heavy atom. The first-order valence-corrected chi connectivity index (χ1v) is 5.88. The van der Waals surface area contributed by atoms with Crippen LogP contribution in [0.15, 0.2) is 4.42 Å². The fourth-order valence-electron chi connectivity index (χ4n) is 1.58. The molecule has 0 saturated heterocycles. The zero-order valence-electron chi connectivity index (χ0n) is 10.6. The lowest BCUT2D eigenvalue weighted by Gasteiger charge is -2.23. The van der Waals surface area contributed by atoms with Crippen molar-refractivity contribution in [3.05, 3.63) is 5.89 Å². The van der Waals surface area contributed by atoms with E-state index in [-0.39, 0.29) is 5.54 Å². The first-order valence-electron chi connectivity index (χ1n) is 5.88. The molecule has 0 aliphatic carbocycles. The average Bonchev–Trinajstić information content (AvgIpc) is 2.61. The molecule has 0 bridgehead atoms. The summed E-state index contributed by atoms with van der Waals surface area (Å²) in [5.74, 6) is 0.622. The third-order valence-electron chi connectivity index (χ3n) is 2.31. The van der Waals surface area contributed by atoms with E-state index < -0.39 is 0 Å². The molecule has 1 heterocycles. The van der Waals surface area contributed by atoms with Gasteiger partial charge >= 0.3 is 6.01 Å². The van der Waals surface area contributed by atoms with Crippen LogP contribution in [0, 0.1) is 0 Å². The summed E-state index contributed by atoms with van der Waals surface area (Å²) in [6.07, 6.45) is 2.19. The fraction of sp³-hybridized carbons (Fsp3) is 0.818. The van der Waals surface area contributed by atoms with Crippen molar-refractivity contribution in [3.8, 4) is 0 Å². The van der Waals surface area contributed by atoms with Gasteiger partial charge in [0.2, 0.25) is 5.89 Å². The van der Waals surface area contributed by atoms with E-state index in [2.05, 4.69) is 41.6 Å². The predicted octanol–water partition coefficient (Wildman–Crippen LogP) is 2.17. The lowest BCUT2D eigenvalue weighted by atomic mass is 9.99. The van der Waals surface area contributed by atoms with E-state index in [1.165, 1.54) is 0 Å². The Hall–Kier alpha value is -1.10. The fourth-order valence-corrected chi connectivity index (χ4v) is 1.58. The molecule has 0 amide bonds. The summed E-state index contributed by atoms with van der Waals surface area (Å²) in [5.41, 5.74) is -0.00324. The summed E-state index contributed by atoms with van der Waals surface area (Å²) in [6.45, 7) is 9.98. The number of rotatable bonds is 7. The molecule has 0 aliphatic rings. The standard InChI is InChI=1S/C11H22N4O/c1-5-7-11(3,4)13-10-15-14-9(16-10)8-12-6-2/h12H,5-8H2,1-4H3,(H,13,15). The summed E-state index contributed by atoms with van der Waals surface area (Å²) in [7, 11) is 0. The van der Waals surface area contributed by atoms with Crippen LogP contribution in [0.5, 0.6) is 0 Å². The second-order valence-corrected chi connectivity index (χ2v) is 4.54. The maximum absolute atomic E-state index is 5.47. The van der Waals surface area contributed by atoms with Crippen molar-refractivity contribution >= 4 is 6.01 Å². The lowest BCUT2D eigenvalue weighted by Crippen LogP contribution is -2.30. The molecule has 92 valence electrons. The van der Waals surface area contributed by atoms with Gasteiger partial charge in [-0.3, -0.25) is 0 Å². The first-order chi connectivity index (χ1) is 7.57. The van der Waals surface area contributed by atoms with Crippen molar-refractivity contribution in [3.63, 3.8) is 0 Å². The maximum atomic E-state index is 5.47. The largest absolute Gasteiger partial charge is 0.407 e. The van der Waals surface area contributed by atoms with E-state index in [1.54, 1.807) is 0 Å². The summed E-state index contributed by atoms with van der Waals surface area (Å²) in [4.78, 5) is 0. The van der Waals surface area contributed by atoms with Gasteiger partial charge in [0.05, 0.1) is 6.54 Å². The van der Waals surface area contributed by atoms with Crippen LogP contribution in [0.25, 0.3) is 0 Å². The van der Waals surface area contributed by atoms with Crippen molar-refractivity contribution in [1.29, 1.82) is 0 Å². The molecule has 16 heavy (non-hydrogen) atoms. The number of hydrogen-bond acceptors (Lipinski definition) is 5. The molecule has 2 N–H and O–H groups in total. The van der Waals surface area contributed by atoms with Crippen LogP contribution in [0.4, 0.5) is 6.01 Å². The Morgan fingerprint density at radius 2 is 2.00 bits per heavy atom. The van der Waals surface area contributed by atoms with Gasteiger partial charge in [0.15, 0.2) is 0 Å². The molecule has 1 aromatic rings. The molecule has 0 fully saturated rings. The van der Waals surface area contributed by atoms with Crippen molar-refractivity contribution in [1.82, 2.24) is 15.5 Å². The highest BCUT2D eigenvalue weighted by Gasteiger charge is 2.19. The van der Waals surface area contributed by atoms with E-state index in [0.717, 1.165) is 19.4 Å². The molecule has 0 aliphatic heterocycles. The van der Waals surface area contributed by atoms with E-state index >= 15 is 0 Å². The minimum atomic E-state index is -0.00324. The molecular weight excluding hydrogens is 204 g/mol. The minimum absolute atomic E-state index is 0.00324. The zero-order valence-corrected chi connectivity index (χ0v) is 10.6. The van der Waals surface area contributed by atoms with Gasteiger partial charge in [-0.2, -0.15) is 0 Å². The Bertz CT molecular complexity index is 309. The van der Waals surface area contributed by atoms with Crippen molar-refractivity contribution < 1.29 is 4.42 Å². The second-order valence-electron chi connectivity index (χ2n) is 4.54. The van der Waals surface area contributed by atoms with Gasteiger partial charge in [0.1, 0.15) is 0 Å². The van der Waals surface area contributed by atoms with E-state index in [9.17, 15) is 0 Å². The zero-order chi connectivity index (χ0) is 12.0. The van der Waals surface area contributed by atoms with Crippen LogP contribution in [-0.4, -0.2) is 22.3 Å². The Labute approximate surface area is 97.0 Å². The molecule has 5 heteroatoms. The molecule has 0 aromatic carbocycles. The van der Waals surface area contributed by atoms with Crippen LogP contribution in [0.1, 0.15) is 46.4 Å². The monoisotopic (exact) mass is 226 g/mol. The molecule has 1 aromatic heterocycles. The van der Waals surface area contributed by atoms with Crippen LogP contribution in [0.3, 0.4) is 0 Å². The number of nitrogens with zero attached hydrogens (tertiary/aromatic N) is 2. The summed E-state index contributed by atoms with van der Waals surface area (Å²) < 4.78 is 5.47. The van der Waals surface area contributed by atoms with Crippen LogP contribution in [-0.2, 0) is 6.54 Å². The highest BCUT2D eigenvalue weighted by molar-refractivity contribution is 5.22. The molecule has 1 rings (SSSR count). The Kier molecular flexibility index (Phi) is 4.73. The SMILES string of the molecule is CCCC(C)(C)Nc1nnc(CNCC)o1. The molecule has 0 spiro atoms. The third-order valence-corrected chi connectivity index (χ3v) is 2.31. The van der Waals surface area contributed by atoms with Gasteiger partial charge in [-0.15, -0.1) is 5.10 Å². The van der Waals surface area contributed by atoms with Crippen LogP contribution < -0.4 is 10.6 Å². The molecule has 0 unspecified atom stereocenters. The van der Waals surface area contributed by atoms with Gasteiger partial charge in [0.25, 0.3) is 0 Å². The van der Waals surface area contributed by atoms with Crippen LogP contribution in [0.2, 0.25) is 0 Å². The highest BCUT2D eigenvalue weighted by atomic mass is 16.4. The molecule has 0 radical (unpaired) electrons. The van der Waals surface area contributed by atoms with E-state index in [4.69, 9.17) is 4.42 Å². The molecule has 0 atom stereocenters. The maximum Gasteiger partial charge on any atom is 0.315 e. The Morgan fingerprint density at radius 1 is 1.25 bits per heavy atom. The molecular formula is C11H22N4O. The van der Waals surface area contributed by atoms with Crippen molar-refractivity contribution in [2.45, 2.75) is 52.6 Å². The number of hydrogen-bond donors (Lipinski definition) is 2. The van der Waals surface area contributed by atoms with Crippen molar-refractivity contribution in [2.24, 2.45) is 0 Å². The average molecular weight is 226 g/mol. The molecule has 5 nitrogen and oxygen atoms in total. The second kappa shape index (κ2) is 5.84. The minimum Gasteiger partial charge on any atom is -0.407 e. The summed E-state index contributed by atoms with van der Waals surface area (Å²) in [5, 5.41) is 14.3. The number of nitrogens with one attached hydrogen (secondary N) is 2. The smallest absolute Gasteiger partial charge is 0.315 e. The number of aromatic nitrogens is 2. The normalized spacial score (nSPS) is 11.8. The highest BCUT2D eigenvalue weighted by Crippen LogP contribution is 2.18. The van der Waals surface area contributed by atoms with Gasteiger partial charge in [-0.05, 0) is 26.8 Å². The van der Waals surface area contributed by atoms with Gasteiger partial charge in [0, 0.05) is 5.54 Å². The predicted molar refractivity (Wildman–Crippen MR) is 64.3 cm³/mol. The summed E-state index contributed by atoms with van der Waals surface area (Å²) >= 11 is 0. The quantitative estimate of drug-likeness (QED) is 0.746. The van der Waals surface area contributed by atoms with Gasteiger partial charge in [-0.25, -0.2) is 0 Å². The van der Waals surface area contributed by atoms with Gasteiger partial charge in [-0.1, -0.05) is 25.4 Å². The topological polar surface area (TPSA) is 63.0 Å². The third kappa shape index (κ3) is 4.18. The van der Waals surface area contributed by atoms with E-state index in [0.29, 0.717) is 18.5 Å². The number of anilines is 1. The Balaban J connectivity index is 2.51.